The van der Waals surface area contributed by atoms with E-state index in [1.807, 2.05) is 4.90 Å². The topological polar surface area (TPSA) is 60.9 Å². The summed E-state index contributed by atoms with van der Waals surface area (Å²) < 4.78 is 0. The zero-order chi connectivity index (χ0) is 23.6. The molecule has 4 aliphatic rings. The standard InChI is InChI=1S/C28H29N3O3/c1-17-5-3-8-23(18(17)2)29-11-13-30(14-12-29)26(32)21-6-4-7-22(16-21)31-27(33)24-19-9-10-20(15-19)25(24)28(31)34/h3-10,16,19-20,24-25H,11-15H2,1-2H3/t19-,20-,24-,25+/m0/s1. The van der Waals surface area contributed by atoms with Crippen LogP contribution in [0.15, 0.2) is 54.6 Å². The van der Waals surface area contributed by atoms with Crippen LogP contribution in [-0.4, -0.2) is 48.8 Å². The number of allylic oxidation sites excluding steroid dienone is 2. The fourth-order valence-corrected chi connectivity index (χ4v) is 6.35. The van der Waals surface area contributed by atoms with Gasteiger partial charge in [0, 0.05) is 37.4 Å². The molecule has 2 aromatic carbocycles. The van der Waals surface area contributed by atoms with Gasteiger partial charge in [-0.15, -0.1) is 0 Å². The van der Waals surface area contributed by atoms with Crippen molar-refractivity contribution in [1.29, 1.82) is 0 Å². The third-order valence-electron chi connectivity index (χ3n) is 8.31. The van der Waals surface area contributed by atoms with Gasteiger partial charge < -0.3 is 9.80 Å². The maximum absolute atomic E-state index is 13.3. The summed E-state index contributed by atoms with van der Waals surface area (Å²) in [5, 5.41) is 0. The fraction of sp³-hybridized carbons (Fsp3) is 0.393. The average Bonchev–Trinajstić information content (AvgIpc) is 3.54. The highest BCUT2D eigenvalue weighted by Gasteiger charge is 2.59. The molecule has 0 radical (unpaired) electrons. The van der Waals surface area contributed by atoms with Crippen LogP contribution in [0.4, 0.5) is 11.4 Å². The summed E-state index contributed by atoms with van der Waals surface area (Å²) in [5.41, 5.74) is 4.82. The number of carbonyl (C=O) groups excluding carboxylic acids is 3. The zero-order valence-electron chi connectivity index (χ0n) is 19.6. The van der Waals surface area contributed by atoms with Crippen molar-refractivity contribution < 1.29 is 14.4 Å². The number of hydrogen-bond acceptors (Lipinski definition) is 4. The molecule has 2 saturated heterocycles. The van der Waals surface area contributed by atoms with Crippen molar-refractivity contribution in [2.45, 2.75) is 20.3 Å². The number of imide groups is 1. The highest BCUT2D eigenvalue weighted by molar-refractivity contribution is 6.23. The lowest BCUT2D eigenvalue weighted by Gasteiger charge is -2.37. The van der Waals surface area contributed by atoms with Gasteiger partial charge in [-0.25, -0.2) is 4.90 Å². The summed E-state index contributed by atoms with van der Waals surface area (Å²) in [5.74, 6) is -0.398. The van der Waals surface area contributed by atoms with Crippen molar-refractivity contribution in [1.82, 2.24) is 4.90 Å². The summed E-state index contributed by atoms with van der Waals surface area (Å²) in [6.07, 6.45) is 5.10. The van der Waals surface area contributed by atoms with Crippen molar-refractivity contribution in [3.8, 4) is 0 Å². The van der Waals surface area contributed by atoms with E-state index in [4.69, 9.17) is 0 Å². The molecule has 0 unspecified atom stereocenters. The summed E-state index contributed by atoms with van der Waals surface area (Å²) in [7, 11) is 0. The van der Waals surface area contributed by atoms with Gasteiger partial charge in [0.25, 0.3) is 5.91 Å². The van der Waals surface area contributed by atoms with Gasteiger partial charge in [-0.1, -0.05) is 30.4 Å². The van der Waals surface area contributed by atoms with E-state index in [2.05, 4.69) is 49.1 Å². The van der Waals surface area contributed by atoms with Crippen LogP contribution >= 0.6 is 0 Å². The average molecular weight is 456 g/mol. The van der Waals surface area contributed by atoms with Gasteiger partial charge >= 0.3 is 0 Å². The minimum atomic E-state index is -0.236. The molecule has 2 aliphatic carbocycles. The van der Waals surface area contributed by atoms with Crippen LogP contribution in [0.5, 0.6) is 0 Å². The van der Waals surface area contributed by atoms with Gasteiger partial charge in [0.1, 0.15) is 0 Å². The molecule has 6 nitrogen and oxygen atoms in total. The molecule has 4 atom stereocenters. The van der Waals surface area contributed by atoms with Crippen LogP contribution in [0, 0.1) is 37.5 Å². The number of aryl methyl sites for hydroxylation is 1. The second-order valence-electron chi connectivity index (χ2n) is 10.1. The first-order valence-corrected chi connectivity index (χ1v) is 12.2. The summed E-state index contributed by atoms with van der Waals surface area (Å²) in [4.78, 5) is 45.2. The Hall–Kier alpha value is -3.41. The number of anilines is 2. The molecule has 174 valence electrons. The third kappa shape index (κ3) is 3.11. The SMILES string of the molecule is Cc1cccc(N2CCN(C(=O)c3cccc(N4C(=O)[C@@H]5[C@H](C4=O)[C@H]4C=C[C@H]5C4)c3)CC2)c1C. The van der Waals surface area contributed by atoms with E-state index < -0.39 is 0 Å². The molecule has 3 amide bonds. The number of hydrogen-bond donors (Lipinski definition) is 0. The first-order chi connectivity index (χ1) is 16.4. The molecule has 2 aromatic rings. The second kappa shape index (κ2) is 7.83. The van der Waals surface area contributed by atoms with E-state index in [0.717, 1.165) is 19.5 Å². The van der Waals surface area contributed by atoms with Crippen molar-refractivity contribution >= 4 is 29.1 Å². The summed E-state index contributed by atoms with van der Waals surface area (Å²) in [6, 6.07) is 13.4. The molecule has 0 N–H and O–H groups in total. The Morgan fingerprint density at radius 2 is 1.50 bits per heavy atom. The summed E-state index contributed by atoms with van der Waals surface area (Å²) in [6.45, 7) is 7.09. The van der Waals surface area contributed by atoms with Crippen molar-refractivity contribution in [3.63, 3.8) is 0 Å². The van der Waals surface area contributed by atoms with Crippen molar-refractivity contribution in [2.24, 2.45) is 23.7 Å². The van der Waals surface area contributed by atoms with E-state index in [0.29, 0.717) is 24.3 Å². The smallest absolute Gasteiger partial charge is 0.254 e. The molecule has 6 rings (SSSR count). The lowest BCUT2D eigenvalue weighted by atomic mass is 9.85. The Bertz CT molecular complexity index is 1200. The van der Waals surface area contributed by atoms with Crippen LogP contribution in [-0.2, 0) is 9.59 Å². The van der Waals surface area contributed by atoms with Crippen LogP contribution in [0.2, 0.25) is 0 Å². The van der Waals surface area contributed by atoms with Gasteiger partial charge in [-0.2, -0.15) is 0 Å². The molecule has 0 spiro atoms. The Kier molecular flexibility index (Phi) is 4.87. The van der Waals surface area contributed by atoms with E-state index in [-0.39, 0.29) is 41.4 Å². The van der Waals surface area contributed by atoms with E-state index in [1.54, 1.807) is 24.3 Å². The zero-order valence-corrected chi connectivity index (χ0v) is 19.6. The molecule has 6 heteroatoms. The second-order valence-corrected chi connectivity index (χ2v) is 10.1. The Labute approximate surface area is 199 Å². The maximum Gasteiger partial charge on any atom is 0.254 e. The fourth-order valence-electron chi connectivity index (χ4n) is 6.35. The van der Waals surface area contributed by atoms with Gasteiger partial charge in [0.05, 0.1) is 17.5 Å². The van der Waals surface area contributed by atoms with Gasteiger partial charge in [0.2, 0.25) is 11.8 Å². The molecule has 1 saturated carbocycles. The molecular formula is C28H29N3O3. The molecule has 0 aromatic heterocycles. The number of piperazine rings is 1. The number of carbonyl (C=O) groups is 3. The monoisotopic (exact) mass is 455 g/mol. The molecular weight excluding hydrogens is 426 g/mol. The van der Waals surface area contributed by atoms with E-state index >= 15 is 0 Å². The van der Waals surface area contributed by atoms with E-state index in [9.17, 15) is 14.4 Å². The molecule has 2 heterocycles. The summed E-state index contributed by atoms with van der Waals surface area (Å²) >= 11 is 0. The predicted octanol–water partition coefficient (Wildman–Crippen LogP) is 3.58. The Balaban J connectivity index is 1.17. The van der Waals surface area contributed by atoms with Gasteiger partial charge in [-0.3, -0.25) is 14.4 Å². The van der Waals surface area contributed by atoms with Crippen LogP contribution in [0.3, 0.4) is 0 Å². The van der Waals surface area contributed by atoms with Crippen LogP contribution in [0.25, 0.3) is 0 Å². The molecule has 2 bridgehead atoms. The van der Waals surface area contributed by atoms with Crippen LogP contribution < -0.4 is 9.80 Å². The lowest BCUT2D eigenvalue weighted by molar-refractivity contribution is -0.123. The lowest BCUT2D eigenvalue weighted by Crippen LogP contribution is -2.49. The predicted molar refractivity (Wildman–Crippen MR) is 131 cm³/mol. The Morgan fingerprint density at radius 3 is 2.18 bits per heavy atom. The third-order valence-corrected chi connectivity index (χ3v) is 8.31. The first-order valence-electron chi connectivity index (χ1n) is 12.2. The van der Waals surface area contributed by atoms with Crippen molar-refractivity contribution in [3.05, 3.63) is 71.3 Å². The largest absolute Gasteiger partial charge is 0.368 e. The van der Waals surface area contributed by atoms with E-state index in [1.165, 1.54) is 21.7 Å². The molecule has 34 heavy (non-hydrogen) atoms. The first kappa shape index (κ1) is 21.1. The van der Waals surface area contributed by atoms with Gasteiger partial charge in [-0.05, 0) is 67.5 Å². The normalized spacial score (nSPS) is 27.6. The quantitative estimate of drug-likeness (QED) is 0.524. The number of rotatable bonds is 3. The highest BCUT2D eigenvalue weighted by Crippen LogP contribution is 2.53. The van der Waals surface area contributed by atoms with Crippen molar-refractivity contribution in [2.75, 3.05) is 36.0 Å². The minimum Gasteiger partial charge on any atom is -0.368 e. The maximum atomic E-state index is 13.3. The number of fused-ring (bicyclic) bond motifs is 5. The Morgan fingerprint density at radius 1 is 0.853 bits per heavy atom. The highest BCUT2D eigenvalue weighted by atomic mass is 16.2. The minimum absolute atomic E-state index is 0.0523. The number of nitrogens with zero attached hydrogens (tertiary/aromatic N) is 3. The number of benzene rings is 2. The molecule has 3 fully saturated rings. The number of amides is 3. The molecule has 2 aliphatic heterocycles. The van der Waals surface area contributed by atoms with Crippen LogP contribution in [0.1, 0.15) is 27.9 Å². The van der Waals surface area contributed by atoms with Gasteiger partial charge in [0.15, 0.2) is 0 Å².